The Morgan fingerprint density at radius 1 is 1.40 bits per heavy atom. The maximum atomic E-state index is 12.0. The molecule has 0 aliphatic heterocycles. The molecule has 0 atom stereocenters. The molecule has 20 heavy (non-hydrogen) atoms. The van der Waals surface area contributed by atoms with Crippen molar-refractivity contribution in [1.82, 2.24) is 15.8 Å². The van der Waals surface area contributed by atoms with Gasteiger partial charge in [0.25, 0.3) is 5.91 Å². The molecular weight excluding hydrogens is 278 g/mol. The second-order valence-corrected chi connectivity index (χ2v) is 5.82. The van der Waals surface area contributed by atoms with E-state index in [2.05, 4.69) is 15.8 Å². The molecule has 2 aromatic rings. The fraction of sp³-hybridized carbons (Fsp3) is 0.308. The van der Waals surface area contributed by atoms with Crippen LogP contribution >= 0.6 is 11.3 Å². The van der Waals surface area contributed by atoms with Crippen LogP contribution < -0.4 is 10.9 Å². The Kier molecular flexibility index (Phi) is 3.27. The zero-order valence-corrected chi connectivity index (χ0v) is 11.6. The summed E-state index contributed by atoms with van der Waals surface area (Å²) in [5.74, 6) is 0.118. The number of hydrazine groups is 1. The number of rotatable bonds is 3. The van der Waals surface area contributed by atoms with E-state index in [1.165, 1.54) is 11.3 Å². The molecule has 2 amide bonds. The van der Waals surface area contributed by atoms with Gasteiger partial charge >= 0.3 is 0 Å². The summed E-state index contributed by atoms with van der Waals surface area (Å²) in [6.45, 7) is 1.81. The molecule has 6 nitrogen and oxygen atoms in total. The van der Waals surface area contributed by atoms with Crippen molar-refractivity contribution in [3.05, 3.63) is 29.0 Å². The average Bonchev–Trinajstić information content (AvgIpc) is 2.99. The van der Waals surface area contributed by atoms with E-state index in [1.807, 2.05) is 6.92 Å². The maximum absolute atomic E-state index is 12.0. The first-order chi connectivity index (χ1) is 9.65. The Bertz CT molecular complexity index is 644. The summed E-state index contributed by atoms with van der Waals surface area (Å²) in [5, 5.41) is 0.645. The first-order valence-electron chi connectivity index (χ1n) is 6.26. The van der Waals surface area contributed by atoms with E-state index >= 15 is 0 Å². The number of nitrogens with zero attached hydrogens (tertiary/aromatic N) is 1. The normalized spacial score (nSPS) is 14.1. The van der Waals surface area contributed by atoms with E-state index in [4.69, 9.17) is 4.42 Å². The van der Waals surface area contributed by atoms with Gasteiger partial charge in [-0.2, -0.15) is 0 Å². The largest absolute Gasteiger partial charge is 0.462 e. The van der Waals surface area contributed by atoms with Crippen LogP contribution in [0.4, 0.5) is 0 Å². The molecule has 104 valence electrons. The molecule has 0 spiro atoms. The van der Waals surface area contributed by atoms with E-state index in [1.54, 1.807) is 18.4 Å². The molecule has 1 fully saturated rings. The summed E-state index contributed by atoms with van der Waals surface area (Å²) in [6.07, 6.45) is 3.34. The van der Waals surface area contributed by atoms with Crippen LogP contribution in [-0.4, -0.2) is 16.8 Å². The standard InChI is InChI=1S/C13H13N3O3S/c1-7-10(12(18)16-15-11(17)8-4-5-8)14-13(20-7)9-3-2-6-19-9/h2-3,6,8H,4-5H2,1H3,(H,15,17)(H,16,18). The number of furan rings is 1. The molecule has 0 radical (unpaired) electrons. The SMILES string of the molecule is Cc1sc(-c2ccco2)nc1C(=O)NNC(=O)C1CC1. The summed E-state index contributed by atoms with van der Waals surface area (Å²) >= 11 is 1.37. The molecule has 2 heterocycles. The number of nitrogens with one attached hydrogen (secondary N) is 2. The fourth-order valence-electron chi connectivity index (χ4n) is 1.74. The lowest BCUT2D eigenvalue weighted by Gasteiger charge is -2.05. The molecular formula is C13H13N3O3S. The second-order valence-electron chi connectivity index (χ2n) is 4.62. The van der Waals surface area contributed by atoms with Crippen LogP contribution in [0.25, 0.3) is 10.8 Å². The Morgan fingerprint density at radius 2 is 2.20 bits per heavy atom. The van der Waals surface area contributed by atoms with Gasteiger partial charge in [0.2, 0.25) is 5.91 Å². The highest BCUT2D eigenvalue weighted by atomic mass is 32.1. The number of hydrogen-bond acceptors (Lipinski definition) is 5. The minimum absolute atomic E-state index is 0.0468. The smallest absolute Gasteiger partial charge is 0.289 e. The molecule has 1 aliphatic rings. The predicted molar refractivity (Wildman–Crippen MR) is 72.9 cm³/mol. The van der Waals surface area contributed by atoms with Crippen molar-refractivity contribution >= 4 is 23.2 Å². The van der Waals surface area contributed by atoms with Crippen molar-refractivity contribution in [1.29, 1.82) is 0 Å². The van der Waals surface area contributed by atoms with Crippen molar-refractivity contribution in [3.8, 4) is 10.8 Å². The second kappa shape index (κ2) is 5.09. The van der Waals surface area contributed by atoms with Crippen LogP contribution in [0.3, 0.4) is 0 Å². The average molecular weight is 291 g/mol. The van der Waals surface area contributed by atoms with Gasteiger partial charge in [0.1, 0.15) is 5.69 Å². The molecule has 1 saturated carbocycles. The van der Waals surface area contributed by atoms with Crippen molar-refractivity contribution in [2.45, 2.75) is 19.8 Å². The first kappa shape index (κ1) is 12.9. The van der Waals surface area contributed by atoms with Crippen LogP contribution in [0, 0.1) is 12.8 Å². The monoisotopic (exact) mass is 291 g/mol. The number of hydrogen-bond donors (Lipinski definition) is 2. The zero-order valence-electron chi connectivity index (χ0n) is 10.8. The number of amides is 2. The van der Waals surface area contributed by atoms with Gasteiger partial charge in [0.05, 0.1) is 6.26 Å². The Morgan fingerprint density at radius 3 is 2.85 bits per heavy atom. The van der Waals surface area contributed by atoms with E-state index in [9.17, 15) is 9.59 Å². The number of thiazole rings is 1. The molecule has 1 aliphatic carbocycles. The third-order valence-corrected chi connectivity index (χ3v) is 3.98. The zero-order chi connectivity index (χ0) is 14.1. The number of aromatic nitrogens is 1. The lowest BCUT2D eigenvalue weighted by atomic mass is 10.3. The minimum Gasteiger partial charge on any atom is -0.462 e. The first-order valence-corrected chi connectivity index (χ1v) is 7.08. The van der Waals surface area contributed by atoms with Crippen molar-refractivity contribution in [3.63, 3.8) is 0 Å². The molecule has 7 heteroatoms. The highest BCUT2D eigenvalue weighted by Gasteiger charge is 2.30. The van der Waals surface area contributed by atoms with Gasteiger partial charge in [0.15, 0.2) is 10.8 Å². The fourth-order valence-corrected chi connectivity index (χ4v) is 2.62. The molecule has 0 saturated heterocycles. The van der Waals surface area contributed by atoms with Crippen molar-refractivity contribution < 1.29 is 14.0 Å². The summed E-state index contributed by atoms with van der Waals surface area (Å²) in [6, 6.07) is 3.55. The van der Waals surface area contributed by atoms with Gasteiger partial charge in [-0.15, -0.1) is 11.3 Å². The third kappa shape index (κ3) is 2.57. The molecule has 2 N–H and O–H groups in total. The Balaban J connectivity index is 1.69. The lowest BCUT2D eigenvalue weighted by Crippen LogP contribution is -2.42. The van der Waals surface area contributed by atoms with E-state index in [0.29, 0.717) is 16.5 Å². The molecule has 2 aromatic heterocycles. The van der Waals surface area contributed by atoms with Gasteiger partial charge in [-0.25, -0.2) is 4.98 Å². The number of carbonyl (C=O) groups excluding carboxylic acids is 2. The van der Waals surface area contributed by atoms with Crippen LogP contribution in [0.1, 0.15) is 28.2 Å². The maximum Gasteiger partial charge on any atom is 0.289 e. The van der Waals surface area contributed by atoms with Crippen molar-refractivity contribution in [2.24, 2.45) is 5.92 Å². The van der Waals surface area contributed by atoms with Gasteiger partial charge in [-0.05, 0) is 31.9 Å². The van der Waals surface area contributed by atoms with E-state index in [-0.39, 0.29) is 11.8 Å². The molecule has 0 aromatic carbocycles. The molecule has 3 rings (SSSR count). The van der Waals surface area contributed by atoms with Gasteiger partial charge < -0.3 is 4.42 Å². The Hall–Kier alpha value is -2.15. The Labute approximate surface area is 119 Å². The van der Waals surface area contributed by atoms with E-state index in [0.717, 1.165) is 17.7 Å². The van der Waals surface area contributed by atoms with Gasteiger partial charge in [-0.1, -0.05) is 0 Å². The molecule has 0 bridgehead atoms. The van der Waals surface area contributed by atoms with Crippen molar-refractivity contribution in [2.75, 3.05) is 0 Å². The highest BCUT2D eigenvalue weighted by Crippen LogP contribution is 2.29. The summed E-state index contributed by atoms with van der Waals surface area (Å²) in [4.78, 5) is 28.5. The van der Waals surface area contributed by atoms with Crippen LogP contribution in [0.5, 0.6) is 0 Å². The number of aryl methyl sites for hydroxylation is 1. The quantitative estimate of drug-likeness (QED) is 0.846. The van der Waals surface area contributed by atoms with Gasteiger partial charge in [0, 0.05) is 10.8 Å². The minimum atomic E-state index is -0.412. The third-order valence-electron chi connectivity index (χ3n) is 2.99. The van der Waals surface area contributed by atoms with Gasteiger partial charge in [-0.3, -0.25) is 20.4 Å². The van der Waals surface area contributed by atoms with E-state index < -0.39 is 5.91 Å². The highest BCUT2D eigenvalue weighted by molar-refractivity contribution is 7.15. The summed E-state index contributed by atoms with van der Waals surface area (Å²) in [5.41, 5.74) is 5.11. The summed E-state index contributed by atoms with van der Waals surface area (Å²) < 4.78 is 5.25. The van der Waals surface area contributed by atoms with Crippen LogP contribution in [0.2, 0.25) is 0 Å². The topological polar surface area (TPSA) is 84.2 Å². The van der Waals surface area contributed by atoms with Crippen LogP contribution in [-0.2, 0) is 4.79 Å². The predicted octanol–water partition coefficient (Wildman–Crippen LogP) is 1.88. The van der Waals surface area contributed by atoms with Crippen LogP contribution in [0.15, 0.2) is 22.8 Å². The molecule has 0 unspecified atom stereocenters. The number of carbonyl (C=O) groups is 2. The lowest BCUT2D eigenvalue weighted by molar-refractivity contribution is -0.123. The summed E-state index contributed by atoms with van der Waals surface area (Å²) in [7, 11) is 0.